The predicted octanol–water partition coefficient (Wildman–Crippen LogP) is 9.14. The minimum Gasteiger partial charge on any atom is -0.205 e. The minimum absolute atomic E-state index is 1.21. The Labute approximate surface area is 190 Å². The van der Waals surface area contributed by atoms with E-state index in [1.807, 2.05) is 0 Å². The fourth-order valence-electron chi connectivity index (χ4n) is 4.47. The van der Waals surface area contributed by atoms with Crippen LogP contribution in [0.2, 0.25) is 0 Å². The molecule has 0 saturated carbocycles. The quantitative estimate of drug-likeness (QED) is 0.139. The van der Waals surface area contributed by atoms with Crippen molar-refractivity contribution in [2.45, 2.75) is 156 Å². The van der Waals surface area contributed by atoms with Crippen molar-refractivity contribution in [3.8, 4) is 0 Å². The summed E-state index contributed by atoms with van der Waals surface area (Å²) in [7, 11) is 0. The highest BCUT2D eigenvalue weighted by Gasteiger charge is 2.08. The molecular formula is C29H54N+. The number of hydrogen-bond acceptors (Lipinski definition) is 0. The van der Waals surface area contributed by atoms with Crippen molar-refractivity contribution in [1.82, 2.24) is 0 Å². The lowest BCUT2D eigenvalue weighted by Gasteiger charge is -2.07. The third-order valence-corrected chi connectivity index (χ3v) is 6.44. The zero-order valence-electron chi connectivity index (χ0n) is 21.0. The molecule has 1 aromatic heterocycles. The van der Waals surface area contributed by atoms with Gasteiger partial charge in [0.05, 0.1) is 0 Å². The van der Waals surface area contributed by atoms with Crippen molar-refractivity contribution in [3.63, 3.8) is 0 Å². The van der Waals surface area contributed by atoms with Gasteiger partial charge in [0.2, 0.25) is 0 Å². The lowest BCUT2D eigenvalue weighted by molar-refractivity contribution is -0.698. The summed E-state index contributed by atoms with van der Waals surface area (Å²) in [4.78, 5) is 0. The molecule has 0 N–H and O–H groups in total. The van der Waals surface area contributed by atoms with Gasteiger partial charge in [0, 0.05) is 17.5 Å². The van der Waals surface area contributed by atoms with Gasteiger partial charge >= 0.3 is 0 Å². The van der Waals surface area contributed by atoms with Crippen molar-refractivity contribution >= 4 is 0 Å². The van der Waals surface area contributed by atoms with Crippen LogP contribution in [0, 0.1) is 0 Å². The van der Waals surface area contributed by atoms with E-state index in [0.717, 1.165) is 0 Å². The Kier molecular flexibility index (Phi) is 18.2. The van der Waals surface area contributed by atoms with Crippen LogP contribution in [0.5, 0.6) is 0 Å². The molecule has 1 rings (SSSR count). The lowest BCUT2D eigenvalue weighted by Crippen LogP contribution is -2.34. The fraction of sp³-hybridized carbons (Fsp3) is 0.828. The molecule has 0 atom stereocenters. The monoisotopic (exact) mass is 416 g/mol. The number of hydrogen-bond donors (Lipinski definition) is 0. The van der Waals surface area contributed by atoms with Gasteiger partial charge in [-0.2, -0.15) is 0 Å². The fourth-order valence-corrected chi connectivity index (χ4v) is 4.47. The maximum absolute atomic E-state index is 2.53. The summed E-state index contributed by atoms with van der Waals surface area (Å²) in [6.45, 7) is 8.12. The van der Waals surface area contributed by atoms with Crippen molar-refractivity contribution in [1.29, 1.82) is 0 Å². The molecule has 0 radical (unpaired) electrons. The number of pyridine rings is 1. The Morgan fingerprint density at radius 1 is 0.467 bits per heavy atom. The van der Waals surface area contributed by atoms with Gasteiger partial charge in [0.1, 0.15) is 6.54 Å². The first-order chi connectivity index (χ1) is 14.8. The number of rotatable bonds is 21. The van der Waals surface area contributed by atoms with Crippen molar-refractivity contribution < 1.29 is 4.57 Å². The van der Waals surface area contributed by atoms with Gasteiger partial charge < -0.3 is 0 Å². The smallest absolute Gasteiger partial charge is 0.171 e. The first-order valence-electron chi connectivity index (χ1n) is 13.8. The van der Waals surface area contributed by atoms with Gasteiger partial charge in [0.15, 0.2) is 12.4 Å². The molecule has 0 saturated heterocycles. The second-order valence-electron chi connectivity index (χ2n) is 9.59. The third kappa shape index (κ3) is 15.0. The molecule has 0 aliphatic heterocycles. The SMILES string of the molecule is CCCCCCCCc1cc(CCCCCCCC)c[n+](CCCCCCCC)c1. The molecule has 0 aliphatic carbocycles. The van der Waals surface area contributed by atoms with Crippen LogP contribution in [-0.2, 0) is 19.4 Å². The molecule has 30 heavy (non-hydrogen) atoms. The summed E-state index contributed by atoms with van der Waals surface area (Å²) in [5.74, 6) is 0. The Morgan fingerprint density at radius 3 is 1.27 bits per heavy atom. The number of unbranched alkanes of at least 4 members (excludes halogenated alkanes) is 15. The van der Waals surface area contributed by atoms with E-state index in [1.54, 1.807) is 11.1 Å². The van der Waals surface area contributed by atoms with Crippen molar-refractivity contribution in [3.05, 3.63) is 29.6 Å². The molecule has 0 aromatic carbocycles. The van der Waals surface area contributed by atoms with Crippen molar-refractivity contribution in [2.24, 2.45) is 0 Å². The third-order valence-electron chi connectivity index (χ3n) is 6.44. The number of aromatic nitrogens is 1. The summed E-state index contributed by atoms with van der Waals surface area (Å²) >= 11 is 0. The molecule has 1 heterocycles. The molecule has 1 nitrogen and oxygen atoms in total. The van der Waals surface area contributed by atoms with Gasteiger partial charge in [-0.1, -0.05) is 111 Å². The first kappa shape index (κ1) is 27.2. The molecule has 0 amide bonds. The Morgan fingerprint density at radius 2 is 0.833 bits per heavy atom. The standard InChI is InChI=1S/C29H54N/c1-4-7-10-13-16-19-22-28-25-29(23-20-17-14-11-8-5-2)27-30(26-28)24-21-18-15-12-9-6-3/h25-27H,4-24H2,1-3H3/q+1. The number of nitrogens with zero attached hydrogens (tertiary/aromatic N) is 1. The van der Waals surface area contributed by atoms with Crippen LogP contribution in [0.15, 0.2) is 18.5 Å². The maximum Gasteiger partial charge on any atom is 0.171 e. The second kappa shape index (κ2) is 20.1. The predicted molar refractivity (Wildman–Crippen MR) is 134 cm³/mol. The van der Waals surface area contributed by atoms with Crippen LogP contribution in [-0.4, -0.2) is 0 Å². The molecule has 1 heteroatoms. The highest BCUT2D eigenvalue weighted by Crippen LogP contribution is 2.14. The van der Waals surface area contributed by atoms with Crippen LogP contribution in [0.1, 0.15) is 147 Å². The van der Waals surface area contributed by atoms with E-state index < -0.39 is 0 Å². The van der Waals surface area contributed by atoms with Gasteiger partial charge in [-0.05, 0) is 38.2 Å². The van der Waals surface area contributed by atoms with Crippen LogP contribution in [0.4, 0.5) is 0 Å². The molecule has 0 fully saturated rings. The molecule has 174 valence electrons. The second-order valence-corrected chi connectivity index (χ2v) is 9.59. The van der Waals surface area contributed by atoms with Gasteiger partial charge in [-0.3, -0.25) is 0 Å². The first-order valence-corrected chi connectivity index (χ1v) is 13.8. The van der Waals surface area contributed by atoms with E-state index in [4.69, 9.17) is 0 Å². The molecular weight excluding hydrogens is 362 g/mol. The van der Waals surface area contributed by atoms with E-state index in [2.05, 4.69) is 43.8 Å². The number of aryl methyl sites for hydroxylation is 3. The Bertz CT molecular complexity index is 409. The van der Waals surface area contributed by atoms with Crippen LogP contribution >= 0.6 is 0 Å². The molecule has 1 aromatic rings. The van der Waals surface area contributed by atoms with Gasteiger partial charge in [-0.25, -0.2) is 4.57 Å². The van der Waals surface area contributed by atoms with Crippen molar-refractivity contribution in [2.75, 3.05) is 0 Å². The molecule has 0 unspecified atom stereocenters. The Hall–Kier alpha value is -0.850. The van der Waals surface area contributed by atoms with Crippen LogP contribution in [0.25, 0.3) is 0 Å². The summed E-state index contributed by atoms with van der Waals surface area (Å²) in [5, 5.41) is 0. The molecule has 0 aliphatic rings. The largest absolute Gasteiger partial charge is 0.205 e. The zero-order chi connectivity index (χ0) is 21.7. The normalized spacial score (nSPS) is 11.3. The van der Waals surface area contributed by atoms with E-state index in [-0.39, 0.29) is 0 Å². The average Bonchev–Trinajstić information content (AvgIpc) is 2.75. The highest BCUT2D eigenvalue weighted by atomic mass is 14.9. The topological polar surface area (TPSA) is 3.88 Å². The lowest BCUT2D eigenvalue weighted by atomic mass is 10.0. The Balaban J connectivity index is 2.47. The van der Waals surface area contributed by atoms with Crippen LogP contribution < -0.4 is 4.57 Å². The van der Waals surface area contributed by atoms with E-state index in [0.29, 0.717) is 0 Å². The van der Waals surface area contributed by atoms with Crippen LogP contribution in [0.3, 0.4) is 0 Å². The minimum atomic E-state index is 1.21. The van der Waals surface area contributed by atoms with Gasteiger partial charge in [-0.15, -0.1) is 0 Å². The summed E-state index contributed by atoms with van der Waals surface area (Å²) in [5.41, 5.74) is 3.17. The maximum atomic E-state index is 2.53. The van der Waals surface area contributed by atoms with E-state index >= 15 is 0 Å². The summed E-state index contributed by atoms with van der Waals surface area (Å²) in [6.07, 6.45) is 32.5. The average molecular weight is 417 g/mol. The summed E-state index contributed by atoms with van der Waals surface area (Å²) in [6, 6.07) is 2.52. The highest BCUT2D eigenvalue weighted by molar-refractivity contribution is 5.15. The van der Waals surface area contributed by atoms with E-state index in [9.17, 15) is 0 Å². The summed E-state index contributed by atoms with van der Waals surface area (Å²) < 4.78 is 2.53. The molecule has 0 bridgehead atoms. The zero-order valence-corrected chi connectivity index (χ0v) is 21.0. The van der Waals surface area contributed by atoms with E-state index in [1.165, 1.54) is 135 Å². The molecule has 0 spiro atoms. The van der Waals surface area contributed by atoms with Gasteiger partial charge in [0.25, 0.3) is 0 Å².